The van der Waals surface area contributed by atoms with Crippen molar-refractivity contribution in [3.8, 4) is 0 Å². The second kappa shape index (κ2) is 6.43. The average molecular weight is 258 g/mol. The summed E-state index contributed by atoms with van der Waals surface area (Å²) < 4.78 is 13.2. The summed E-state index contributed by atoms with van der Waals surface area (Å²) in [5, 5.41) is 3.44. The summed E-state index contributed by atoms with van der Waals surface area (Å²) >= 11 is 0. The van der Waals surface area contributed by atoms with E-state index in [1.54, 1.807) is 12.1 Å². The van der Waals surface area contributed by atoms with Crippen molar-refractivity contribution in [3.05, 3.63) is 65.2 Å². The Morgan fingerprint density at radius 1 is 1.26 bits per heavy atom. The van der Waals surface area contributed by atoms with Gasteiger partial charge < -0.3 is 5.32 Å². The molecule has 2 aromatic rings. The van der Waals surface area contributed by atoms with Crippen molar-refractivity contribution in [2.75, 3.05) is 0 Å². The van der Waals surface area contributed by atoms with Gasteiger partial charge >= 0.3 is 0 Å². The van der Waals surface area contributed by atoms with Gasteiger partial charge in [0.2, 0.25) is 0 Å². The first-order valence-electron chi connectivity index (χ1n) is 6.59. The lowest BCUT2D eigenvalue weighted by Crippen LogP contribution is -2.20. The predicted molar refractivity (Wildman–Crippen MR) is 75.2 cm³/mol. The van der Waals surface area contributed by atoms with Crippen LogP contribution in [-0.2, 0) is 6.54 Å². The Hall–Kier alpha value is -1.74. The van der Waals surface area contributed by atoms with Gasteiger partial charge in [-0.25, -0.2) is 4.39 Å². The summed E-state index contributed by atoms with van der Waals surface area (Å²) in [4.78, 5) is 4.27. The number of hydrogen-bond donors (Lipinski definition) is 1. The minimum atomic E-state index is -0.185. The largest absolute Gasteiger partial charge is 0.306 e. The van der Waals surface area contributed by atoms with E-state index in [9.17, 15) is 4.39 Å². The van der Waals surface area contributed by atoms with E-state index in [-0.39, 0.29) is 11.9 Å². The molecule has 0 aliphatic carbocycles. The smallest absolute Gasteiger partial charge is 0.123 e. The van der Waals surface area contributed by atoms with Gasteiger partial charge in [0.1, 0.15) is 5.82 Å². The Bertz CT molecular complexity index is 523. The fraction of sp³-hybridized carbons (Fsp3) is 0.312. The Balaban J connectivity index is 2.01. The van der Waals surface area contributed by atoms with Crippen LogP contribution < -0.4 is 5.32 Å². The Morgan fingerprint density at radius 2 is 2.11 bits per heavy atom. The molecule has 0 bridgehead atoms. The number of rotatable bonds is 5. The van der Waals surface area contributed by atoms with E-state index in [0.717, 1.165) is 29.8 Å². The molecule has 1 N–H and O–H groups in total. The van der Waals surface area contributed by atoms with E-state index >= 15 is 0 Å². The lowest BCUT2D eigenvalue weighted by molar-refractivity contribution is 0.514. The third-order valence-electron chi connectivity index (χ3n) is 3.18. The van der Waals surface area contributed by atoms with Gasteiger partial charge in [0.15, 0.2) is 0 Å². The molecule has 2 rings (SSSR count). The molecule has 1 aromatic heterocycles. The van der Waals surface area contributed by atoms with Crippen molar-refractivity contribution < 1.29 is 4.39 Å². The fourth-order valence-corrected chi connectivity index (χ4v) is 2.07. The Labute approximate surface area is 113 Å². The summed E-state index contributed by atoms with van der Waals surface area (Å²) in [6.45, 7) is 4.80. The molecule has 1 aromatic carbocycles. The zero-order chi connectivity index (χ0) is 13.7. The first-order chi connectivity index (χ1) is 9.19. The van der Waals surface area contributed by atoms with Gasteiger partial charge in [-0.05, 0) is 42.7 Å². The van der Waals surface area contributed by atoms with Crippen LogP contribution in [0.4, 0.5) is 4.39 Å². The SMILES string of the molecule is CCC(NCc1ccc(C)nc1)c1cccc(F)c1. The van der Waals surface area contributed by atoms with Gasteiger partial charge in [-0.15, -0.1) is 0 Å². The van der Waals surface area contributed by atoms with Gasteiger partial charge in [-0.3, -0.25) is 4.98 Å². The Morgan fingerprint density at radius 3 is 2.74 bits per heavy atom. The summed E-state index contributed by atoms with van der Waals surface area (Å²) in [6.07, 6.45) is 2.80. The van der Waals surface area contributed by atoms with Gasteiger partial charge in [0, 0.05) is 24.5 Å². The molecule has 0 aliphatic rings. The van der Waals surface area contributed by atoms with Gasteiger partial charge in [0.25, 0.3) is 0 Å². The third-order valence-corrected chi connectivity index (χ3v) is 3.18. The van der Waals surface area contributed by atoms with E-state index in [1.165, 1.54) is 6.07 Å². The minimum absolute atomic E-state index is 0.164. The van der Waals surface area contributed by atoms with Crippen molar-refractivity contribution in [1.82, 2.24) is 10.3 Å². The zero-order valence-corrected chi connectivity index (χ0v) is 11.4. The highest BCUT2D eigenvalue weighted by Gasteiger charge is 2.09. The molecule has 2 nitrogen and oxygen atoms in total. The average Bonchev–Trinajstić information content (AvgIpc) is 2.42. The van der Waals surface area contributed by atoms with Gasteiger partial charge in [-0.2, -0.15) is 0 Å². The highest BCUT2D eigenvalue weighted by molar-refractivity contribution is 5.20. The number of hydrogen-bond acceptors (Lipinski definition) is 2. The molecular weight excluding hydrogens is 239 g/mol. The normalized spacial score (nSPS) is 12.4. The summed E-state index contributed by atoms with van der Waals surface area (Å²) in [5.74, 6) is -0.185. The number of pyridine rings is 1. The maximum atomic E-state index is 13.2. The minimum Gasteiger partial charge on any atom is -0.306 e. The molecule has 0 fully saturated rings. The topological polar surface area (TPSA) is 24.9 Å². The second-order valence-electron chi connectivity index (χ2n) is 4.70. The van der Waals surface area contributed by atoms with Crippen LogP contribution in [-0.4, -0.2) is 4.98 Å². The van der Waals surface area contributed by atoms with Crippen molar-refractivity contribution in [3.63, 3.8) is 0 Å². The molecule has 0 spiro atoms. The first-order valence-corrected chi connectivity index (χ1v) is 6.59. The van der Waals surface area contributed by atoms with Gasteiger partial charge in [0.05, 0.1) is 0 Å². The maximum Gasteiger partial charge on any atom is 0.123 e. The fourth-order valence-electron chi connectivity index (χ4n) is 2.07. The highest BCUT2D eigenvalue weighted by Crippen LogP contribution is 2.18. The molecule has 1 heterocycles. The van der Waals surface area contributed by atoms with Crippen molar-refractivity contribution in [2.45, 2.75) is 32.9 Å². The van der Waals surface area contributed by atoms with Crippen LogP contribution in [0.1, 0.15) is 36.2 Å². The van der Waals surface area contributed by atoms with E-state index in [4.69, 9.17) is 0 Å². The van der Waals surface area contributed by atoms with Crippen molar-refractivity contribution >= 4 is 0 Å². The molecule has 0 saturated carbocycles. The quantitative estimate of drug-likeness (QED) is 0.883. The molecule has 19 heavy (non-hydrogen) atoms. The van der Waals surface area contributed by atoms with Crippen LogP contribution in [0.25, 0.3) is 0 Å². The van der Waals surface area contributed by atoms with Crippen LogP contribution in [0.15, 0.2) is 42.6 Å². The molecule has 0 saturated heterocycles. The zero-order valence-electron chi connectivity index (χ0n) is 11.4. The standard InChI is InChI=1S/C16H19FN2/c1-3-16(14-5-4-6-15(17)9-14)19-11-13-8-7-12(2)18-10-13/h4-10,16,19H,3,11H2,1-2H3. The number of aromatic nitrogens is 1. The first kappa shape index (κ1) is 13.7. The highest BCUT2D eigenvalue weighted by atomic mass is 19.1. The monoisotopic (exact) mass is 258 g/mol. The van der Waals surface area contributed by atoms with E-state index in [1.807, 2.05) is 25.3 Å². The number of benzene rings is 1. The van der Waals surface area contributed by atoms with Crippen molar-refractivity contribution in [2.24, 2.45) is 0 Å². The molecule has 0 radical (unpaired) electrons. The second-order valence-corrected chi connectivity index (χ2v) is 4.70. The third kappa shape index (κ3) is 3.86. The maximum absolute atomic E-state index is 13.2. The van der Waals surface area contributed by atoms with Crippen molar-refractivity contribution in [1.29, 1.82) is 0 Å². The van der Waals surface area contributed by atoms with Crippen LogP contribution in [0.3, 0.4) is 0 Å². The van der Waals surface area contributed by atoms with Gasteiger partial charge in [-0.1, -0.05) is 25.1 Å². The molecule has 0 amide bonds. The lowest BCUT2D eigenvalue weighted by atomic mass is 10.0. The number of nitrogens with one attached hydrogen (secondary N) is 1. The predicted octanol–water partition coefficient (Wildman–Crippen LogP) is 3.77. The molecule has 1 unspecified atom stereocenters. The van der Waals surface area contributed by atoms with Crippen LogP contribution >= 0.6 is 0 Å². The number of nitrogens with zero attached hydrogens (tertiary/aromatic N) is 1. The summed E-state index contributed by atoms with van der Waals surface area (Å²) in [6, 6.07) is 11.0. The van der Waals surface area contributed by atoms with Crippen LogP contribution in [0.5, 0.6) is 0 Å². The number of halogens is 1. The van der Waals surface area contributed by atoms with E-state index < -0.39 is 0 Å². The summed E-state index contributed by atoms with van der Waals surface area (Å²) in [7, 11) is 0. The molecule has 100 valence electrons. The molecule has 3 heteroatoms. The van der Waals surface area contributed by atoms with Crippen LogP contribution in [0, 0.1) is 12.7 Å². The molecule has 0 aliphatic heterocycles. The van der Waals surface area contributed by atoms with E-state index in [2.05, 4.69) is 23.3 Å². The van der Waals surface area contributed by atoms with Crippen LogP contribution in [0.2, 0.25) is 0 Å². The summed E-state index contributed by atoms with van der Waals surface area (Å²) in [5.41, 5.74) is 3.14. The number of aryl methyl sites for hydroxylation is 1. The Kier molecular flexibility index (Phi) is 4.63. The molecular formula is C16H19FN2. The lowest BCUT2D eigenvalue weighted by Gasteiger charge is -2.17. The van der Waals surface area contributed by atoms with E-state index in [0.29, 0.717) is 0 Å². The molecule has 1 atom stereocenters.